The number of hydrogen-bond donors (Lipinski definition) is 1. The highest BCUT2D eigenvalue weighted by atomic mass is 79.9. The van der Waals surface area contributed by atoms with Gasteiger partial charge < -0.3 is 15.0 Å². The number of nitrogens with one attached hydrogen (secondary N) is 1. The second-order valence-electron chi connectivity index (χ2n) is 12.8. The molecule has 2 aliphatic heterocycles. The maximum atomic E-state index is 14.3. The predicted octanol–water partition coefficient (Wildman–Crippen LogP) is 4.00. The molecular weight excluding hydrogens is 692 g/mol. The Bertz CT molecular complexity index is 2180. The molecule has 5 aromatic heterocycles. The van der Waals surface area contributed by atoms with Crippen molar-refractivity contribution < 1.29 is 19.1 Å². The lowest BCUT2D eigenvalue weighted by atomic mass is 9.99. The molecule has 0 radical (unpaired) electrons. The molecule has 15 heteroatoms. The molecule has 7 heterocycles. The van der Waals surface area contributed by atoms with Crippen LogP contribution in [0.1, 0.15) is 47.3 Å². The minimum absolute atomic E-state index is 0.173. The number of hydrogen-bond acceptors (Lipinski definition) is 10. The number of anilines is 1. The average Bonchev–Trinajstić information content (AvgIpc) is 3.34. The number of amides is 2. The number of carbonyl (C=O) groups is 3. The van der Waals surface area contributed by atoms with Gasteiger partial charge in [-0.2, -0.15) is 10.2 Å². The summed E-state index contributed by atoms with van der Waals surface area (Å²) in [7, 11) is 0. The van der Waals surface area contributed by atoms with Crippen LogP contribution in [-0.4, -0.2) is 80.7 Å². The van der Waals surface area contributed by atoms with E-state index in [4.69, 9.17) is 9.84 Å². The number of ether oxygens (including phenoxy) is 1. The summed E-state index contributed by atoms with van der Waals surface area (Å²) in [4.78, 5) is 60.4. The fourth-order valence-corrected chi connectivity index (χ4v) is 7.27. The van der Waals surface area contributed by atoms with E-state index in [9.17, 15) is 14.4 Å². The summed E-state index contributed by atoms with van der Waals surface area (Å²) >= 11 is 3.41. The normalized spacial score (nSPS) is 22.3. The van der Waals surface area contributed by atoms with Gasteiger partial charge in [-0.1, -0.05) is 12.1 Å². The molecule has 49 heavy (non-hydrogen) atoms. The van der Waals surface area contributed by atoms with Gasteiger partial charge in [0.15, 0.2) is 5.78 Å². The van der Waals surface area contributed by atoms with Gasteiger partial charge in [0.05, 0.1) is 36.3 Å². The molecule has 0 aromatic carbocycles. The molecule has 248 valence electrons. The number of ketones is 1. The molecule has 5 aromatic rings. The van der Waals surface area contributed by atoms with Crippen LogP contribution < -0.4 is 5.32 Å². The summed E-state index contributed by atoms with van der Waals surface area (Å²) in [5, 5.41) is 12.8. The van der Waals surface area contributed by atoms with Gasteiger partial charge in [0.1, 0.15) is 34.5 Å². The Morgan fingerprint density at radius 1 is 1.10 bits per heavy atom. The van der Waals surface area contributed by atoms with Crippen molar-refractivity contribution in [2.75, 3.05) is 11.9 Å². The van der Waals surface area contributed by atoms with Gasteiger partial charge >= 0.3 is 0 Å². The Balaban J connectivity index is 1.13. The lowest BCUT2D eigenvalue weighted by Crippen LogP contribution is -2.47. The number of Topliss-reactive ketones (excluding diaryl/α,β-unsaturated/α-hetero) is 1. The van der Waals surface area contributed by atoms with E-state index in [0.717, 1.165) is 12.1 Å². The third-order valence-electron chi connectivity index (χ3n) is 9.43. The van der Waals surface area contributed by atoms with Crippen molar-refractivity contribution in [1.82, 2.24) is 44.4 Å². The number of pyridine rings is 2. The van der Waals surface area contributed by atoms with Crippen LogP contribution in [-0.2, 0) is 34.0 Å². The van der Waals surface area contributed by atoms with Crippen LogP contribution in [0.15, 0.2) is 59.7 Å². The van der Waals surface area contributed by atoms with Crippen molar-refractivity contribution in [2.24, 2.45) is 5.41 Å². The molecule has 2 amide bonds. The first-order valence-corrected chi connectivity index (χ1v) is 16.7. The zero-order valence-electron chi connectivity index (χ0n) is 26.7. The van der Waals surface area contributed by atoms with E-state index in [2.05, 4.69) is 46.3 Å². The number of piperidine rings is 1. The van der Waals surface area contributed by atoms with Crippen LogP contribution in [0.2, 0.25) is 0 Å². The molecule has 3 aliphatic rings. The number of aromatic nitrogens is 8. The number of nitrogens with zero attached hydrogens (tertiary/aromatic N) is 9. The van der Waals surface area contributed by atoms with Gasteiger partial charge in [-0.3, -0.25) is 28.7 Å². The van der Waals surface area contributed by atoms with E-state index < -0.39 is 6.04 Å². The van der Waals surface area contributed by atoms with E-state index >= 15 is 0 Å². The minimum Gasteiger partial charge on any atom is -0.373 e. The van der Waals surface area contributed by atoms with Crippen molar-refractivity contribution in [2.45, 2.75) is 58.5 Å². The van der Waals surface area contributed by atoms with Gasteiger partial charge in [0, 0.05) is 60.0 Å². The first-order valence-electron chi connectivity index (χ1n) is 15.9. The standard InChI is InChI=1S/C34H31BrN10O4/c1-19(46)31-24-10-25(22-13-36-20(2)37-14-22)38-15-27(24)44(42-31)16-30(47)45-26-11-34(12-28(34)45)18-43-8-7-23(41-43)4-3-9-49-17-21-5-6-29(35)39-32(21)40-33(26)48/h3-8,10,13-15,26,28H,9,11-12,16-18H2,1-2H3,(H,39,40,48)/b4-3+/t26-,28?,34-/m0/s1. The van der Waals surface area contributed by atoms with E-state index in [0.29, 0.717) is 63.5 Å². The van der Waals surface area contributed by atoms with Crippen molar-refractivity contribution in [3.05, 3.63) is 82.5 Å². The van der Waals surface area contributed by atoms with Crippen molar-refractivity contribution in [3.8, 4) is 11.3 Å². The summed E-state index contributed by atoms with van der Waals surface area (Å²) in [6, 6.07) is 6.40. The van der Waals surface area contributed by atoms with Gasteiger partial charge in [-0.05, 0) is 60.0 Å². The second-order valence-corrected chi connectivity index (χ2v) is 13.6. The number of fused-ring (bicyclic) bond motifs is 5. The fraction of sp³-hybridized carbons (Fsp3) is 0.324. The van der Waals surface area contributed by atoms with E-state index in [-0.39, 0.29) is 47.9 Å². The van der Waals surface area contributed by atoms with E-state index in [1.54, 1.807) is 42.5 Å². The Labute approximate surface area is 288 Å². The van der Waals surface area contributed by atoms with Gasteiger partial charge in [-0.25, -0.2) is 15.0 Å². The first kappa shape index (κ1) is 31.1. The quantitative estimate of drug-likeness (QED) is 0.212. The minimum atomic E-state index is -0.760. The molecule has 1 unspecified atom stereocenters. The van der Waals surface area contributed by atoms with Gasteiger partial charge in [0.25, 0.3) is 0 Å². The Kier molecular flexibility index (Phi) is 7.67. The third kappa shape index (κ3) is 5.82. The summed E-state index contributed by atoms with van der Waals surface area (Å²) in [6.07, 6.45) is 11.9. The monoisotopic (exact) mass is 722 g/mol. The summed E-state index contributed by atoms with van der Waals surface area (Å²) < 4.78 is 9.79. The van der Waals surface area contributed by atoms with E-state index in [1.165, 1.54) is 11.6 Å². The lowest BCUT2D eigenvalue weighted by molar-refractivity contribution is -0.138. The molecule has 1 aliphatic carbocycles. The molecule has 3 atom stereocenters. The largest absolute Gasteiger partial charge is 0.373 e. The van der Waals surface area contributed by atoms with Crippen LogP contribution >= 0.6 is 15.9 Å². The molecular formula is C34H31BrN10O4. The van der Waals surface area contributed by atoms with Gasteiger partial charge in [0.2, 0.25) is 11.8 Å². The molecule has 14 nitrogen and oxygen atoms in total. The second kappa shape index (κ2) is 12.1. The maximum absolute atomic E-state index is 14.3. The average molecular weight is 724 g/mol. The molecule has 1 saturated heterocycles. The summed E-state index contributed by atoms with van der Waals surface area (Å²) in [5.74, 6) is 0.144. The van der Waals surface area contributed by atoms with E-state index in [1.807, 2.05) is 35.2 Å². The van der Waals surface area contributed by atoms with Crippen molar-refractivity contribution >= 4 is 56.3 Å². The molecule has 1 spiro atoms. The topological polar surface area (TPSA) is 163 Å². The maximum Gasteiger partial charge on any atom is 0.248 e. The zero-order valence-corrected chi connectivity index (χ0v) is 28.3. The first-order chi connectivity index (χ1) is 23.7. The summed E-state index contributed by atoms with van der Waals surface area (Å²) in [5.41, 5.74) is 3.23. The summed E-state index contributed by atoms with van der Waals surface area (Å²) in [6.45, 7) is 4.20. The third-order valence-corrected chi connectivity index (χ3v) is 9.87. The molecule has 4 bridgehead atoms. The Morgan fingerprint density at radius 2 is 1.94 bits per heavy atom. The number of rotatable bonds is 4. The van der Waals surface area contributed by atoms with Crippen molar-refractivity contribution in [3.63, 3.8) is 0 Å². The van der Waals surface area contributed by atoms with Crippen LogP contribution in [0.5, 0.6) is 0 Å². The molecule has 8 rings (SSSR count). The number of likely N-dealkylation sites (tertiary alicyclic amines) is 1. The fourth-order valence-electron chi connectivity index (χ4n) is 6.96. The zero-order chi connectivity index (χ0) is 33.9. The Morgan fingerprint density at radius 3 is 2.76 bits per heavy atom. The van der Waals surface area contributed by atoms with Crippen LogP contribution in [0.25, 0.3) is 28.2 Å². The van der Waals surface area contributed by atoms with Crippen LogP contribution in [0.4, 0.5) is 5.82 Å². The highest BCUT2D eigenvalue weighted by Crippen LogP contribution is 2.60. The SMILES string of the molecule is CC(=O)c1nn(CC(=O)N2C3C[C@]34C[C@H]2C(=O)Nc2nc(Br)ccc2COC/C=C/c2ccn(n2)C4)c2cnc(-c3cnc(C)nc3)cc12. The molecule has 1 N–H and O–H groups in total. The van der Waals surface area contributed by atoms with Crippen LogP contribution in [0.3, 0.4) is 0 Å². The number of aryl methyl sites for hydroxylation is 1. The number of carbonyl (C=O) groups excluding carboxylic acids is 3. The van der Waals surface area contributed by atoms with Gasteiger partial charge in [-0.15, -0.1) is 0 Å². The molecule has 1 saturated carbocycles. The molecule has 2 fully saturated rings. The highest BCUT2D eigenvalue weighted by Gasteiger charge is 2.67. The Hall–Kier alpha value is -5.15. The predicted molar refractivity (Wildman–Crippen MR) is 181 cm³/mol. The van der Waals surface area contributed by atoms with Crippen LogP contribution in [0, 0.1) is 12.3 Å². The number of halogens is 1. The smallest absolute Gasteiger partial charge is 0.248 e. The van der Waals surface area contributed by atoms with Crippen molar-refractivity contribution in [1.29, 1.82) is 0 Å². The highest BCUT2D eigenvalue weighted by molar-refractivity contribution is 9.10. The lowest BCUT2D eigenvalue weighted by Gasteiger charge is -2.27.